The highest BCUT2D eigenvalue weighted by atomic mass is 19.1. The Morgan fingerprint density at radius 3 is 2.48 bits per heavy atom. The quantitative estimate of drug-likeness (QED) is 0.427. The summed E-state index contributed by atoms with van der Waals surface area (Å²) < 4.78 is 13.4. The molecule has 1 unspecified atom stereocenters. The van der Waals surface area contributed by atoms with Gasteiger partial charge >= 0.3 is 0 Å². The van der Waals surface area contributed by atoms with Crippen LogP contribution in [0.2, 0.25) is 0 Å². The molecule has 3 aromatic heterocycles. The van der Waals surface area contributed by atoms with Gasteiger partial charge in [0, 0.05) is 42.9 Å². The molecule has 4 rings (SSSR count). The highest BCUT2D eigenvalue weighted by Crippen LogP contribution is 2.28. The van der Waals surface area contributed by atoms with Gasteiger partial charge in [0.05, 0.1) is 11.3 Å². The van der Waals surface area contributed by atoms with Crippen LogP contribution in [0.4, 0.5) is 10.3 Å². The van der Waals surface area contributed by atoms with Crippen LogP contribution in [0.3, 0.4) is 0 Å². The predicted molar refractivity (Wildman–Crippen MR) is 118 cm³/mol. The number of nitrogens with zero attached hydrogens (tertiary/aromatic N) is 3. The molecule has 4 N–H and O–H groups in total. The average molecular weight is 416 g/mol. The van der Waals surface area contributed by atoms with E-state index in [0.717, 1.165) is 11.1 Å². The molecule has 31 heavy (non-hydrogen) atoms. The molecular weight excluding hydrogens is 395 g/mol. The van der Waals surface area contributed by atoms with Gasteiger partial charge in [0.15, 0.2) is 0 Å². The van der Waals surface area contributed by atoms with Gasteiger partial charge in [-0.2, -0.15) is 0 Å². The molecule has 0 aliphatic rings. The predicted octanol–water partition coefficient (Wildman–Crippen LogP) is 3.01. The first-order valence-electron chi connectivity index (χ1n) is 9.79. The number of anilines is 1. The standard InChI is InChI=1S/C23H21FN6O/c24-18-5-3-16(4-6-18)20-21(17-7-10-26-11-8-17)29-23(30-22(20)31)28-14-19(25)12-15-2-1-9-27-13-15/h1-11,13,19H,12,14,25H2,(H2,28,29,30,31). The van der Waals surface area contributed by atoms with Crippen LogP contribution in [-0.4, -0.2) is 32.5 Å². The van der Waals surface area contributed by atoms with Gasteiger partial charge in [0.2, 0.25) is 5.95 Å². The number of aromatic amines is 1. The normalized spacial score (nSPS) is 11.8. The molecule has 0 saturated carbocycles. The SMILES string of the molecule is NC(CNc1nc(-c2ccncc2)c(-c2ccc(F)cc2)c(=O)[nH]1)Cc1cccnc1. The van der Waals surface area contributed by atoms with Crippen molar-refractivity contribution in [1.82, 2.24) is 19.9 Å². The van der Waals surface area contributed by atoms with Crippen LogP contribution in [0.5, 0.6) is 0 Å². The number of pyridine rings is 2. The molecule has 0 fully saturated rings. The minimum Gasteiger partial charge on any atom is -0.354 e. The lowest BCUT2D eigenvalue weighted by molar-refractivity contribution is 0.628. The monoisotopic (exact) mass is 416 g/mol. The first-order valence-corrected chi connectivity index (χ1v) is 9.79. The van der Waals surface area contributed by atoms with Crippen molar-refractivity contribution in [2.24, 2.45) is 5.73 Å². The molecule has 0 radical (unpaired) electrons. The summed E-state index contributed by atoms with van der Waals surface area (Å²) in [5.41, 5.74) is 9.04. The van der Waals surface area contributed by atoms with Crippen LogP contribution in [0.1, 0.15) is 5.56 Å². The maximum absolute atomic E-state index is 13.4. The number of H-pyrrole nitrogens is 1. The van der Waals surface area contributed by atoms with Gasteiger partial charge in [0.25, 0.3) is 5.56 Å². The van der Waals surface area contributed by atoms with Crippen molar-refractivity contribution in [2.45, 2.75) is 12.5 Å². The molecule has 3 heterocycles. The Bertz CT molecular complexity index is 1200. The van der Waals surface area contributed by atoms with E-state index in [1.165, 1.54) is 12.1 Å². The van der Waals surface area contributed by atoms with Crippen LogP contribution in [0.15, 0.2) is 78.1 Å². The zero-order valence-corrected chi connectivity index (χ0v) is 16.6. The van der Waals surface area contributed by atoms with E-state index >= 15 is 0 Å². The second kappa shape index (κ2) is 9.27. The fourth-order valence-corrected chi connectivity index (χ4v) is 3.28. The summed E-state index contributed by atoms with van der Waals surface area (Å²) >= 11 is 0. The van der Waals surface area contributed by atoms with Crippen molar-refractivity contribution >= 4 is 5.95 Å². The molecule has 0 aliphatic heterocycles. The van der Waals surface area contributed by atoms with E-state index < -0.39 is 0 Å². The summed E-state index contributed by atoms with van der Waals surface area (Å²) in [4.78, 5) is 28.5. The van der Waals surface area contributed by atoms with Crippen LogP contribution in [0, 0.1) is 5.82 Å². The minimum atomic E-state index is -0.375. The number of hydrogen-bond donors (Lipinski definition) is 3. The highest BCUT2D eigenvalue weighted by molar-refractivity contribution is 5.80. The zero-order chi connectivity index (χ0) is 21.6. The Balaban J connectivity index is 1.63. The second-order valence-electron chi connectivity index (χ2n) is 7.09. The molecule has 8 heteroatoms. The van der Waals surface area contributed by atoms with E-state index in [-0.39, 0.29) is 17.4 Å². The molecule has 1 atom stereocenters. The summed E-state index contributed by atoms with van der Waals surface area (Å²) in [6.45, 7) is 0.406. The third-order valence-electron chi connectivity index (χ3n) is 4.76. The third kappa shape index (κ3) is 4.99. The molecule has 156 valence electrons. The first kappa shape index (κ1) is 20.4. The molecule has 4 aromatic rings. The number of nitrogens with two attached hydrogens (primary N) is 1. The van der Waals surface area contributed by atoms with Crippen LogP contribution in [0.25, 0.3) is 22.4 Å². The number of hydrogen-bond acceptors (Lipinski definition) is 6. The molecular formula is C23H21FN6O. The maximum Gasteiger partial charge on any atom is 0.260 e. The summed E-state index contributed by atoms with van der Waals surface area (Å²) in [6.07, 6.45) is 7.38. The highest BCUT2D eigenvalue weighted by Gasteiger charge is 2.16. The molecule has 1 aromatic carbocycles. The van der Waals surface area contributed by atoms with E-state index in [1.54, 1.807) is 49.1 Å². The summed E-state index contributed by atoms with van der Waals surface area (Å²) in [5, 5.41) is 3.12. The minimum absolute atomic E-state index is 0.198. The summed E-state index contributed by atoms with van der Waals surface area (Å²) in [7, 11) is 0. The van der Waals surface area contributed by atoms with Crippen molar-refractivity contribution in [3.05, 3.63) is 95.1 Å². The Labute approximate surface area is 178 Å². The lowest BCUT2D eigenvalue weighted by Crippen LogP contribution is -2.32. The number of nitrogens with one attached hydrogen (secondary N) is 2. The van der Waals surface area contributed by atoms with Gasteiger partial charge in [-0.1, -0.05) is 18.2 Å². The molecule has 0 spiro atoms. The maximum atomic E-state index is 13.4. The van der Waals surface area contributed by atoms with Gasteiger partial charge in [-0.15, -0.1) is 0 Å². The Morgan fingerprint density at radius 2 is 1.77 bits per heavy atom. The van der Waals surface area contributed by atoms with Gasteiger partial charge < -0.3 is 11.1 Å². The smallest absolute Gasteiger partial charge is 0.260 e. The summed E-state index contributed by atoms with van der Waals surface area (Å²) in [6, 6.07) is 12.9. The van der Waals surface area contributed by atoms with E-state index in [2.05, 4.69) is 25.3 Å². The van der Waals surface area contributed by atoms with Crippen molar-refractivity contribution in [3.8, 4) is 22.4 Å². The molecule has 0 bridgehead atoms. The van der Waals surface area contributed by atoms with Gasteiger partial charge in [0.1, 0.15) is 5.82 Å². The largest absolute Gasteiger partial charge is 0.354 e. The molecule has 0 saturated heterocycles. The van der Waals surface area contributed by atoms with E-state index in [0.29, 0.717) is 35.7 Å². The molecule has 0 amide bonds. The number of benzene rings is 1. The second-order valence-corrected chi connectivity index (χ2v) is 7.09. The molecule has 7 nitrogen and oxygen atoms in total. The lowest BCUT2D eigenvalue weighted by Gasteiger charge is -2.15. The van der Waals surface area contributed by atoms with Crippen LogP contribution >= 0.6 is 0 Å². The van der Waals surface area contributed by atoms with E-state index in [9.17, 15) is 9.18 Å². The fourth-order valence-electron chi connectivity index (χ4n) is 3.28. The van der Waals surface area contributed by atoms with Crippen molar-refractivity contribution < 1.29 is 4.39 Å². The van der Waals surface area contributed by atoms with E-state index in [4.69, 9.17) is 5.73 Å². The lowest BCUT2D eigenvalue weighted by atomic mass is 10.0. The zero-order valence-electron chi connectivity index (χ0n) is 16.6. The van der Waals surface area contributed by atoms with Gasteiger partial charge in [-0.25, -0.2) is 9.37 Å². The number of rotatable bonds is 7. The number of aromatic nitrogens is 4. The van der Waals surface area contributed by atoms with Gasteiger partial charge in [-0.05, 0) is 47.9 Å². The molecule has 0 aliphatic carbocycles. The Kier molecular flexibility index (Phi) is 6.09. The Hall–Kier alpha value is -3.91. The van der Waals surface area contributed by atoms with Crippen LogP contribution in [-0.2, 0) is 6.42 Å². The topological polar surface area (TPSA) is 110 Å². The van der Waals surface area contributed by atoms with Crippen molar-refractivity contribution in [3.63, 3.8) is 0 Å². The average Bonchev–Trinajstić information content (AvgIpc) is 2.79. The fraction of sp³-hybridized carbons (Fsp3) is 0.130. The third-order valence-corrected chi connectivity index (χ3v) is 4.76. The van der Waals surface area contributed by atoms with Crippen molar-refractivity contribution in [2.75, 3.05) is 11.9 Å². The Morgan fingerprint density at radius 1 is 1.00 bits per heavy atom. The van der Waals surface area contributed by atoms with Crippen LogP contribution < -0.4 is 16.6 Å². The van der Waals surface area contributed by atoms with Gasteiger partial charge in [-0.3, -0.25) is 19.7 Å². The van der Waals surface area contributed by atoms with E-state index in [1.807, 2.05) is 12.1 Å². The van der Waals surface area contributed by atoms with Crippen molar-refractivity contribution in [1.29, 1.82) is 0 Å². The summed E-state index contributed by atoms with van der Waals surface area (Å²) in [5.74, 6) is -0.0659. The first-order chi connectivity index (χ1) is 15.1. The number of halogens is 1.